The minimum absolute atomic E-state index is 0.403. The van der Waals surface area contributed by atoms with Crippen LogP contribution < -0.4 is 0 Å². The highest BCUT2D eigenvalue weighted by Crippen LogP contribution is 2.39. The maximum absolute atomic E-state index is 4.99. The summed E-state index contributed by atoms with van der Waals surface area (Å²) in [6.07, 6.45) is 15.5. The van der Waals surface area contributed by atoms with Gasteiger partial charge in [0, 0.05) is 23.7 Å². The van der Waals surface area contributed by atoms with Crippen LogP contribution in [0.2, 0.25) is 0 Å². The van der Waals surface area contributed by atoms with Crippen LogP contribution in [0, 0.1) is 88.4 Å². The zero-order valence-corrected chi connectivity index (χ0v) is 22.5. The van der Waals surface area contributed by atoms with Crippen LogP contribution in [0.25, 0.3) is 0 Å². The Morgan fingerprint density at radius 2 is 1.09 bits per heavy atom. The Balaban J connectivity index is 4.17. The first-order valence-electron chi connectivity index (χ1n) is 12.2. The highest BCUT2D eigenvalue weighted by Gasteiger charge is 2.28. The lowest BCUT2D eigenvalue weighted by molar-refractivity contribution is -0.822. The first-order chi connectivity index (χ1) is 15.4. The number of hydrogen-bond donors (Lipinski definition) is 0. The van der Waals surface area contributed by atoms with Gasteiger partial charge in [-0.15, -0.1) is 6.42 Å². The minimum Gasteiger partial charge on any atom is -0.250 e. The van der Waals surface area contributed by atoms with Crippen molar-refractivity contribution in [1.29, 1.82) is 0 Å². The van der Waals surface area contributed by atoms with Gasteiger partial charge in [-0.05, 0) is 72.0 Å². The second-order valence-electron chi connectivity index (χ2n) is 11.5. The fourth-order valence-electron chi connectivity index (χ4n) is 3.68. The molecule has 0 aromatic carbocycles. The van der Waals surface area contributed by atoms with Crippen molar-refractivity contribution in [1.82, 2.24) is 0 Å². The van der Waals surface area contributed by atoms with E-state index in [-0.39, 0.29) is 0 Å². The van der Waals surface area contributed by atoms with Crippen LogP contribution >= 0.6 is 0 Å². The molecule has 0 aliphatic rings. The summed E-state index contributed by atoms with van der Waals surface area (Å²) in [6.45, 7) is 15.4. The zero-order chi connectivity index (χ0) is 25.2. The van der Waals surface area contributed by atoms with Crippen molar-refractivity contribution in [3.05, 3.63) is 0 Å². The maximum Gasteiger partial charge on any atom is 0.151 e. The van der Waals surface area contributed by atoms with E-state index in [4.69, 9.17) is 6.42 Å². The fourth-order valence-corrected chi connectivity index (χ4v) is 3.68. The standard InChI is InChI=1S/C32H44N/c1-10-11-12-13-14-15-16-18-21-24-27-33(8,9)28-25-22-19-17-20-23-26-30(32(5,6)7)29-31(2,3)4/h1,30H,17,19-20,22-23,25-26,28-29H2,2-9H3/q+1. The number of nitrogens with zero attached hydrogens (tertiary/aromatic N) is 1. The van der Waals surface area contributed by atoms with Crippen LogP contribution in [-0.4, -0.2) is 25.1 Å². The van der Waals surface area contributed by atoms with E-state index in [1.54, 1.807) is 0 Å². The smallest absolute Gasteiger partial charge is 0.151 e. The van der Waals surface area contributed by atoms with Crippen molar-refractivity contribution in [2.45, 2.75) is 92.9 Å². The van der Waals surface area contributed by atoms with E-state index in [0.717, 1.165) is 12.5 Å². The molecule has 0 N–H and O–H groups in total. The lowest BCUT2D eigenvalue weighted by Crippen LogP contribution is -2.34. The Hall–Kier alpha value is -2.68. The third kappa shape index (κ3) is 19.7. The van der Waals surface area contributed by atoms with Crippen molar-refractivity contribution in [3.8, 4) is 71.7 Å². The molecule has 0 aromatic rings. The highest BCUT2D eigenvalue weighted by molar-refractivity contribution is 5.43. The molecule has 0 heterocycles. The molecule has 0 fully saturated rings. The Morgan fingerprint density at radius 1 is 0.636 bits per heavy atom. The molecule has 0 aliphatic heterocycles. The molecule has 0 rings (SSSR count). The molecular formula is C32H44N+. The molecule has 33 heavy (non-hydrogen) atoms. The third-order valence-corrected chi connectivity index (χ3v) is 5.53. The van der Waals surface area contributed by atoms with Crippen LogP contribution in [0.15, 0.2) is 0 Å². The van der Waals surface area contributed by atoms with Gasteiger partial charge in [0.1, 0.15) is 0 Å². The van der Waals surface area contributed by atoms with Crippen LogP contribution in [0.1, 0.15) is 92.9 Å². The number of unbranched alkanes of at least 4 members (excludes halogenated alkanes) is 5. The molecule has 176 valence electrons. The minimum atomic E-state index is 0.403. The Labute approximate surface area is 206 Å². The molecule has 0 amide bonds. The maximum atomic E-state index is 4.99. The zero-order valence-electron chi connectivity index (χ0n) is 22.5. The molecule has 1 heteroatoms. The molecule has 0 aliphatic carbocycles. The van der Waals surface area contributed by atoms with E-state index in [0.29, 0.717) is 15.3 Å². The molecular weight excluding hydrogens is 398 g/mol. The summed E-state index contributed by atoms with van der Waals surface area (Å²) in [4.78, 5) is 0. The van der Waals surface area contributed by atoms with Gasteiger partial charge in [0.15, 0.2) is 6.04 Å². The number of hydrogen-bond acceptors (Lipinski definition) is 0. The monoisotopic (exact) mass is 442 g/mol. The van der Waals surface area contributed by atoms with Crippen molar-refractivity contribution >= 4 is 0 Å². The number of rotatable bonds is 10. The van der Waals surface area contributed by atoms with Gasteiger partial charge in [-0.2, -0.15) is 0 Å². The first kappa shape index (κ1) is 30.3. The molecule has 0 bridgehead atoms. The largest absolute Gasteiger partial charge is 0.250 e. The Kier molecular flexibility index (Phi) is 14.7. The van der Waals surface area contributed by atoms with E-state index in [9.17, 15) is 0 Å². The van der Waals surface area contributed by atoms with E-state index < -0.39 is 0 Å². The molecule has 0 aromatic heterocycles. The topological polar surface area (TPSA) is 0 Å². The number of quaternary nitrogens is 1. The Morgan fingerprint density at radius 3 is 1.58 bits per heavy atom. The molecule has 0 radical (unpaired) electrons. The summed E-state index contributed by atoms with van der Waals surface area (Å²) in [5.41, 5.74) is 0.818. The summed E-state index contributed by atoms with van der Waals surface area (Å²) in [5.74, 6) is 26.6. The van der Waals surface area contributed by atoms with Gasteiger partial charge in [-0.3, -0.25) is 4.48 Å². The van der Waals surface area contributed by atoms with Crippen LogP contribution in [0.4, 0.5) is 0 Å². The predicted octanol–water partition coefficient (Wildman–Crippen LogP) is 6.50. The van der Waals surface area contributed by atoms with Crippen molar-refractivity contribution in [2.24, 2.45) is 16.7 Å². The summed E-state index contributed by atoms with van der Waals surface area (Å²) in [6, 6.07) is 3.20. The molecule has 0 spiro atoms. The third-order valence-electron chi connectivity index (χ3n) is 5.53. The quantitative estimate of drug-likeness (QED) is 0.206. The van der Waals surface area contributed by atoms with E-state index in [1.807, 2.05) is 0 Å². The average Bonchev–Trinajstić information content (AvgIpc) is 2.68. The van der Waals surface area contributed by atoms with Gasteiger partial charge < -0.3 is 0 Å². The second kappa shape index (κ2) is 16.0. The normalized spacial score (nSPS) is 11.4. The summed E-state index contributed by atoms with van der Waals surface area (Å²) >= 11 is 0. The molecule has 1 unspecified atom stereocenters. The SMILES string of the molecule is C#CC#CC#CC#CC#CC#C[N+](C)(C)CCCCCCCCC(CC(C)(C)C)C(C)(C)C. The van der Waals surface area contributed by atoms with Gasteiger partial charge in [0.25, 0.3) is 0 Å². The Bertz CT molecular complexity index is 930. The molecule has 1 atom stereocenters. The van der Waals surface area contributed by atoms with Crippen molar-refractivity contribution < 1.29 is 4.48 Å². The number of terminal acetylenes is 1. The lowest BCUT2D eigenvalue weighted by atomic mass is 9.70. The summed E-state index contributed by atoms with van der Waals surface area (Å²) in [5, 5.41) is 0. The predicted molar refractivity (Wildman–Crippen MR) is 144 cm³/mol. The van der Waals surface area contributed by atoms with Gasteiger partial charge in [0.05, 0.1) is 26.6 Å². The lowest BCUT2D eigenvalue weighted by Gasteiger charge is -2.36. The first-order valence-corrected chi connectivity index (χ1v) is 12.2. The summed E-state index contributed by atoms with van der Waals surface area (Å²) in [7, 11) is 4.25. The summed E-state index contributed by atoms with van der Waals surface area (Å²) < 4.78 is 0.656. The van der Waals surface area contributed by atoms with Crippen molar-refractivity contribution in [3.63, 3.8) is 0 Å². The average molecular weight is 443 g/mol. The fraction of sp³-hybridized carbons (Fsp3) is 0.625. The van der Waals surface area contributed by atoms with Gasteiger partial charge in [-0.25, -0.2) is 0 Å². The highest BCUT2D eigenvalue weighted by atomic mass is 15.3. The second-order valence-corrected chi connectivity index (χ2v) is 11.5. The molecule has 0 saturated heterocycles. The van der Waals surface area contributed by atoms with Crippen LogP contribution in [0.5, 0.6) is 0 Å². The van der Waals surface area contributed by atoms with Gasteiger partial charge in [-0.1, -0.05) is 67.2 Å². The van der Waals surface area contributed by atoms with E-state index in [2.05, 4.69) is 121 Å². The van der Waals surface area contributed by atoms with Crippen LogP contribution in [-0.2, 0) is 0 Å². The van der Waals surface area contributed by atoms with Gasteiger partial charge >= 0.3 is 0 Å². The van der Waals surface area contributed by atoms with Gasteiger partial charge in [0.2, 0.25) is 0 Å². The van der Waals surface area contributed by atoms with Crippen LogP contribution in [0.3, 0.4) is 0 Å². The molecule has 1 nitrogen and oxygen atoms in total. The van der Waals surface area contributed by atoms with E-state index >= 15 is 0 Å². The van der Waals surface area contributed by atoms with Crippen molar-refractivity contribution in [2.75, 3.05) is 20.6 Å². The van der Waals surface area contributed by atoms with E-state index in [1.165, 1.54) is 51.4 Å². The molecule has 0 saturated carbocycles.